The van der Waals surface area contributed by atoms with E-state index in [4.69, 9.17) is 5.11 Å². The van der Waals surface area contributed by atoms with Gasteiger partial charge in [0.15, 0.2) is 0 Å². The third kappa shape index (κ3) is 3.51. The van der Waals surface area contributed by atoms with Crippen molar-refractivity contribution in [3.8, 4) is 0 Å². The molecule has 17 heavy (non-hydrogen) atoms. The quantitative estimate of drug-likeness (QED) is 0.846. The minimum Gasteiger partial charge on any atom is -0.476 e. The lowest BCUT2D eigenvalue weighted by Gasteiger charge is -2.09. The summed E-state index contributed by atoms with van der Waals surface area (Å²) < 4.78 is 0. The van der Waals surface area contributed by atoms with Gasteiger partial charge in [-0.25, -0.2) is 9.78 Å². The summed E-state index contributed by atoms with van der Waals surface area (Å²) in [7, 11) is 0. The van der Waals surface area contributed by atoms with Gasteiger partial charge in [-0.1, -0.05) is 13.3 Å². The van der Waals surface area contributed by atoms with Crippen molar-refractivity contribution >= 4 is 17.3 Å². The van der Waals surface area contributed by atoms with E-state index >= 15 is 0 Å². The number of thiazole rings is 1. The molecule has 1 fully saturated rings. The average Bonchev–Trinajstić information content (AvgIpc) is 2.88. The van der Waals surface area contributed by atoms with Gasteiger partial charge in [-0.05, 0) is 31.2 Å². The lowest BCUT2D eigenvalue weighted by atomic mass is 10.1. The number of rotatable bonds is 5. The molecular formula is C12H18N2O2S. The van der Waals surface area contributed by atoms with Crippen LogP contribution in [0.1, 0.15) is 41.7 Å². The van der Waals surface area contributed by atoms with Crippen molar-refractivity contribution in [2.24, 2.45) is 11.8 Å². The Kier molecular flexibility index (Phi) is 4.12. The van der Waals surface area contributed by atoms with Gasteiger partial charge in [0.25, 0.3) is 0 Å². The normalized spacial score (nSPS) is 24.1. The molecule has 1 saturated carbocycles. The Hall–Kier alpha value is -0.940. The van der Waals surface area contributed by atoms with Gasteiger partial charge in [-0.15, -0.1) is 11.3 Å². The fourth-order valence-electron chi connectivity index (χ4n) is 2.40. The molecule has 94 valence electrons. The number of nitrogens with zero attached hydrogens (tertiary/aromatic N) is 1. The van der Waals surface area contributed by atoms with Crippen molar-refractivity contribution in [2.45, 2.75) is 32.7 Å². The van der Waals surface area contributed by atoms with Crippen LogP contribution in [0, 0.1) is 11.8 Å². The number of carboxylic acid groups (broad SMARTS) is 1. The molecular weight excluding hydrogens is 236 g/mol. The van der Waals surface area contributed by atoms with E-state index in [2.05, 4.69) is 17.2 Å². The number of aromatic carboxylic acids is 1. The Morgan fingerprint density at radius 3 is 3.06 bits per heavy atom. The first-order valence-corrected chi connectivity index (χ1v) is 6.91. The summed E-state index contributed by atoms with van der Waals surface area (Å²) in [5, 5.41) is 14.1. The van der Waals surface area contributed by atoms with Crippen molar-refractivity contribution in [1.29, 1.82) is 0 Å². The second-order valence-corrected chi connectivity index (χ2v) is 5.72. The molecule has 2 atom stereocenters. The van der Waals surface area contributed by atoms with Gasteiger partial charge in [0.1, 0.15) is 0 Å². The first-order valence-electron chi connectivity index (χ1n) is 6.03. The molecule has 4 nitrogen and oxygen atoms in total. The maximum atomic E-state index is 10.7. The second-order valence-electron chi connectivity index (χ2n) is 4.86. The Bertz CT molecular complexity index is 392. The lowest BCUT2D eigenvalue weighted by molar-refractivity contribution is 0.0696. The van der Waals surface area contributed by atoms with E-state index in [1.54, 1.807) is 0 Å². The van der Waals surface area contributed by atoms with Crippen molar-refractivity contribution in [3.05, 3.63) is 16.1 Å². The molecule has 2 rings (SSSR count). The van der Waals surface area contributed by atoms with Gasteiger partial charge < -0.3 is 10.4 Å². The summed E-state index contributed by atoms with van der Waals surface area (Å²) in [5.74, 6) is 0.702. The molecule has 0 saturated heterocycles. The van der Waals surface area contributed by atoms with Crippen LogP contribution in [0.4, 0.5) is 0 Å². The first kappa shape index (κ1) is 12.5. The van der Waals surface area contributed by atoms with Gasteiger partial charge in [0.05, 0.1) is 5.69 Å². The molecule has 2 N–H and O–H groups in total. The highest BCUT2D eigenvalue weighted by Gasteiger charge is 2.20. The summed E-state index contributed by atoms with van der Waals surface area (Å²) in [6.45, 7) is 4.00. The zero-order valence-corrected chi connectivity index (χ0v) is 10.8. The molecule has 1 heterocycles. The maximum absolute atomic E-state index is 10.7. The Morgan fingerprint density at radius 1 is 1.65 bits per heavy atom. The summed E-state index contributed by atoms with van der Waals surface area (Å²) in [6.07, 6.45) is 3.96. The average molecular weight is 254 g/mol. The number of hydrogen-bond acceptors (Lipinski definition) is 4. The van der Waals surface area contributed by atoms with E-state index in [0.717, 1.165) is 24.1 Å². The molecule has 2 unspecified atom stereocenters. The summed E-state index contributed by atoms with van der Waals surface area (Å²) in [5.41, 5.74) is 0.832. The highest BCUT2D eigenvalue weighted by molar-refractivity contribution is 7.11. The van der Waals surface area contributed by atoms with E-state index in [1.807, 2.05) is 5.38 Å². The van der Waals surface area contributed by atoms with Gasteiger partial charge in [-0.3, -0.25) is 0 Å². The van der Waals surface area contributed by atoms with Crippen LogP contribution >= 0.6 is 11.3 Å². The molecule has 1 aliphatic rings. The van der Waals surface area contributed by atoms with Crippen LogP contribution in [-0.4, -0.2) is 22.6 Å². The molecule has 0 amide bonds. The van der Waals surface area contributed by atoms with Gasteiger partial charge in [-0.2, -0.15) is 0 Å². The zero-order valence-electron chi connectivity index (χ0n) is 9.98. The van der Waals surface area contributed by atoms with Crippen LogP contribution in [0.5, 0.6) is 0 Å². The molecule has 0 aliphatic heterocycles. The maximum Gasteiger partial charge on any atom is 0.365 e. The molecule has 1 aromatic rings. The van der Waals surface area contributed by atoms with E-state index < -0.39 is 5.97 Å². The highest BCUT2D eigenvalue weighted by Crippen LogP contribution is 2.29. The summed E-state index contributed by atoms with van der Waals surface area (Å²) in [6, 6.07) is 0. The van der Waals surface area contributed by atoms with E-state index in [0.29, 0.717) is 6.54 Å². The minimum atomic E-state index is -0.939. The fraction of sp³-hybridized carbons (Fsp3) is 0.667. The summed E-state index contributed by atoms with van der Waals surface area (Å²) in [4.78, 5) is 14.7. The molecule has 0 aromatic carbocycles. The van der Waals surface area contributed by atoms with E-state index in [-0.39, 0.29) is 5.01 Å². The minimum absolute atomic E-state index is 0.177. The molecule has 1 aromatic heterocycles. The first-order chi connectivity index (χ1) is 8.15. The Labute approximate surface area is 105 Å². The van der Waals surface area contributed by atoms with Gasteiger partial charge in [0, 0.05) is 11.9 Å². The van der Waals surface area contributed by atoms with Crippen LogP contribution in [0.15, 0.2) is 5.38 Å². The number of carboxylic acids is 1. The van der Waals surface area contributed by atoms with Crippen LogP contribution in [0.2, 0.25) is 0 Å². The number of aromatic nitrogens is 1. The lowest BCUT2D eigenvalue weighted by Crippen LogP contribution is -2.21. The SMILES string of the molecule is CC1CCC(CNCc2csc(C(=O)O)n2)C1. The van der Waals surface area contributed by atoms with Crippen LogP contribution in [0.3, 0.4) is 0 Å². The van der Waals surface area contributed by atoms with Crippen molar-refractivity contribution in [3.63, 3.8) is 0 Å². The number of nitrogens with one attached hydrogen (secondary N) is 1. The third-order valence-electron chi connectivity index (χ3n) is 3.28. The highest BCUT2D eigenvalue weighted by atomic mass is 32.1. The molecule has 5 heteroatoms. The number of hydrogen-bond donors (Lipinski definition) is 2. The van der Waals surface area contributed by atoms with Gasteiger partial charge in [0.2, 0.25) is 5.01 Å². The summed E-state index contributed by atoms with van der Waals surface area (Å²) >= 11 is 1.19. The molecule has 0 bridgehead atoms. The number of carbonyl (C=O) groups is 1. The van der Waals surface area contributed by atoms with Crippen LogP contribution in [-0.2, 0) is 6.54 Å². The Balaban J connectivity index is 1.72. The molecule has 0 spiro atoms. The van der Waals surface area contributed by atoms with Gasteiger partial charge >= 0.3 is 5.97 Å². The largest absolute Gasteiger partial charge is 0.476 e. The third-order valence-corrected chi connectivity index (χ3v) is 4.16. The monoisotopic (exact) mass is 254 g/mol. The van der Waals surface area contributed by atoms with Crippen molar-refractivity contribution in [1.82, 2.24) is 10.3 Å². The molecule has 1 aliphatic carbocycles. The zero-order chi connectivity index (χ0) is 12.3. The standard InChI is InChI=1S/C12H18N2O2S/c1-8-2-3-9(4-8)5-13-6-10-7-17-11(14-10)12(15)16/h7-9,13H,2-6H2,1H3,(H,15,16). The topological polar surface area (TPSA) is 62.2 Å². The molecule has 0 radical (unpaired) electrons. The van der Waals surface area contributed by atoms with E-state index in [9.17, 15) is 4.79 Å². The van der Waals surface area contributed by atoms with Crippen molar-refractivity contribution < 1.29 is 9.90 Å². The second kappa shape index (κ2) is 5.60. The van der Waals surface area contributed by atoms with E-state index in [1.165, 1.54) is 30.6 Å². The predicted octanol–water partition coefficient (Wildman–Crippen LogP) is 2.37. The van der Waals surface area contributed by atoms with Crippen molar-refractivity contribution in [2.75, 3.05) is 6.54 Å². The van der Waals surface area contributed by atoms with Crippen LogP contribution < -0.4 is 5.32 Å². The smallest absolute Gasteiger partial charge is 0.365 e. The predicted molar refractivity (Wildman–Crippen MR) is 67.3 cm³/mol. The Morgan fingerprint density at radius 2 is 2.47 bits per heavy atom. The fourth-order valence-corrected chi connectivity index (χ4v) is 3.06. The van der Waals surface area contributed by atoms with Crippen LogP contribution in [0.25, 0.3) is 0 Å².